The van der Waals surface area contributed by atoms with E-state index >= 15 is 0 Å². The predicted octanol–water partition coefficient (Wildman–Crippen LogP) is 2.18. The van der Waals surface area contributed by atoms with Crippen molar-refractivity contribution >= 4 is 6.09 Å². The molecule has 1 saturated heterocycles. The summed E-state index contributed by atoms with van der Waals surface area (Å²) in [5.74, 6) is 0. The smallest absolute Gasteiger partial charge is 0.407 e. The Labute approximate surface area is 120 Å². The Balaban J connectivity index is 1.77. The number of carbonyl (C=O) groups is 1. The number of carbonyl (C=O) groups excluding carboxylic acids is 1. The first-order chi connectivity index (χ1) is 9.42. The standard InChI is InChI=1S/C15H23N3O2/c1-15(2,3)20-14(19)17-13-7-9-18(11-13)10-12-6-4-5-8-16-12/h4-6,8,13H,7,9-11H2,1-3H3,(H,17,19)/t13-/m0/s1. The van der Waals surface area contributed by atoms with E-state index in [0.717, 1.165) is 31.7 Å². The average molecular weight is 277 g/mol. The zero-order valence-corrected chi connectivity index (χ0v) is 12.4. The van der Waals surface area contributed by atoms with Crippen LogP contribution in [-0.4, -0.2) is 40.7 Å². The largest absolute Gasteiger partial charge is 0.444 e. The van der Waals surface area contributed by atoms with Crippen LogP contribution in [0.15, 0.2) is 24.4 Å². The molecule has 1 amide bonds. The van der Waals surface area contributed by atoms with Crippen LogP contribution >= 0.6 is 0 Å². The highest BCUT2D eigenvalue weighted by atomic mass is 16.6. The van der Waals surface area contributed by atoms with E-state index in [-0.39, 0.29) is 12.1 Å². The molecule has 0 spiro atoms. The van der Waals surface area contributed by atoms with Crippen LogP contribution in [0.4, 0.5) is 4.79 Å². The Hall–Kier alpha value is -1.62. The summed E-state index contributed by atoms with van der Waals surface area (Å²) in [6.07, 6.45) is 2.43. The van der Waals surface area contributed by atoms with Crippen molar-refractivity contribution in [3.8, 4) is 0 Å². The van der Waals surface area contributed by atoms with Crippen molar-refractivity contribution in [2.45, 2.75) is 45.4 Å². The molecule has 0 unspecified atom stereocenters. The van der Waals surface area contributed by atoms with Crippen LogP contribution in [0.3, 0.4) is 0 Å². The number of hydrogen-bond donors (Lipinski definition) is 1. The fraction of sp³-hybridized carbons (Fsp3) is 0.600. The lowest BCUT2D eigenvalue weighted by Gasteiger charge is -2.22. The first-order valence-corrected chi connectivity index (χ1v) is 7.04. The zero-order chi connectivity index (χ0) is 14.6. The summed E-state index contributed by atoms with van der Waals surface area (Å²) in [7, 11) is 0. The molecule has 1 fully saturated rings. The van der Waals surface area contributed by atoms with Gasteiger partial charge in [0.25, 0.3) is 0 Å². The minimum Gasteiger partial charge on any atom is -0.444 e. The maximum absolute atomic E-state index is 11.7. The lowest BCUT2D eigenvalue weighted by molar-refractivity contribution is 0.0505. The van der Waals surface area contributed by atoms with Gasteiger partial charge >= 0.3 is 6.09 Å². The summed E-state index contributed by atoms with van der Waals surface area (Å²) in [5, 5.41) is 2.93. The highest BCUT2D eigenvalue weighted by Gasteiger charge is 2.26. The number of hydrogen-bond acceptors (Lipinski definition) is 4. The summed E-state index contributed by atoms with van der Waals surface area (Å²) in [5.41, 5.74) is 0.612. The molecule has 110 valence electrons. The number of nitrogens with one attached hydrogen (secondary N) is 1. The molecule has 0 radical (unpaired) electrons. The molecule has 0 saturated carbocycles. The molecule has 1 aliphatic heterocycles. The fourth-order valence-electron chi connectivity index (χ4n) is 2.29. The van der Waals surface area contributed by atoms with E-state index < -0.39 is 5.60 Å². The molecule has 1 N–H and O–H groups in total. The minimum absolute atomic E-state index is 0.161. The van der Waals surface area contributed by atoms with Crippen molar-refractivity contribution in [3.63, 3.8) is 0 Å². The van der Waals surface area contributed by atoms with Gasteiger partial charge in [-0.05, 0) is 39.3 Å². The second-order valence-electron chi connectivity index (χ2n) is 6.19. The first kappa shape index (κ1) is 14.8. The van der Waals surface area contributed by atoms with Gasteiger partial charge < -0.3 is 10.1 Å². The highest BCUT2D eigenvalue weighted by molar-refractivity contribution is 5.68. The number of pyridine rings is 1. The van der Waals surface area contributed by atoms with Crippen molar-refractivity contribution in [2.24, 2.45) is 0 Å². The van der Waals surface area contributed by atoms with Crippen LogP contribution in [0.5, 0.6) is 0 Å². The molecule has 2 heterocycles. The Morgan fingerprint density at radius 2 is 2.30 bits per heavy atom. The van der Waals surface area contributed by atoms with E-state index in [0.29, 0.717) is 0 Å². The number of likely N-dealkylation sites (tertiary alicyclic amines) is 1. The molecule has 0 aromatic carbocycles. The van der Waals surface area contributed by atoms with Gasteiger partial charge in [-0.3, -0.25) is 9.88 Å². The Morgan fingerprint density at radius 1 is 1.50 bits per heavy atom. The third-order valence-corrected chi connectivity index (χ3v) is 3.10. The normalized spacial score (nSPS) is 19.9. The number of aromatic nitrogens is 1. The van der Waals surface area contributed by atoms with Crippen LogP contribution in [0.2, 0.25) is 0 Å². The van der Waals surface area contributed by atoms with E-state index in [1.54, 1.807) is 0 Å². The Bertz CT molecular complexity index is 442. The molecule has 5 nitrogen and oxygen atoms in total. The van der Waals surface area contributed by atoms with E-state index in [4.69, 9.17) is 4.74 Å². The number of rotatable bonds is 3. The fourth-order valence-corrected chi connectivity index (χ4v) is 2.29. The lowest BCUT2D eigenvalue weighted by Crippen LogP contribution is -2.40. The van der Waals surface area contributed by atoms with Gasteiger partial charge in [0.05, 0.1) is 5.69 Å². The summed E-state index contributed by atoms with van der Waals surface area (Å²) in [6, 6.07) is 6.10. The second-order valence-corrected chi connectivity index (χ2v) is 6.19. The van der Waals surface area contributed by atoms with Crippen LogP contribution in [-0.2, 0) is 11.3 Å². The maximum atomic E-state index is 11.7. The molecule has 1 aromatic rings. The van der Waals surface area contributed by atoms with Crippen molar-refractivity contribution < 1.29 is 9.53 Å². The van der Waals surface area contributed by atoms with Gasteiger partial charge in [0.1, 0.15) is 5.60 Å². The van der Waals surface area contributed by atoms with E-state index in [1.165, 1.54) is 0 Å². The van der Waals surface area contributed by atoms with Gasteiger partial charge in [-0.25, -0.2) is 4.79 Å². The molecule has 0 bridgehead atoms. The first-order valence-electron chi connectivity index (χ1n) is 7.04. The van der Waals surface area contributed by atoms with Gasteiger partial charge in [0.15, 0.2) is 0 Å². The van der Waals surface area contributed by atoms with Gasteiger partial charge in [-0.2, -0.15) is 0 Å². The van der Waals surface area contributed by atoms with Crippen LogP contribution in [0.1, 0.15) is 32.9 Å². The molecule has 1 aromatic heterocycles. The van der Waals surface area contributed by atoms with Gasteiger partial charge in [0.2, 0.25) is 0 Å². The molecule has 2 rings (SSSR count). The molecular weight excluding hydrogens is 254 g/mol. The molecular formula is C15H23N3O2. The molecule has 1 aliphatic rings. The molecule has 20 heavy (non-hydrogen) atoms. The quantitative estimate of drug-likeness (QED) is 0.920. The molecule has 5 heteroatoms. The second kappa shape index (κ2) is 6.22. The predicted molar refractivity (Wildman–Crippen MR) is 77.3 cm³/mol. The average Bonchev–Trinajstić information content (AvgIpc) is 2.75. The maximum Gasteiger partial charge on any atom is 0.407 e. The van der Waals surface area contributed by atoms with E-state index in [1.807, 2.05) is 45.2 Å². The van der Waals surface area contributed by atoms with Crippen molar-refractivity contribution in [1.82, 2.24) is 15.2 Å². The Morgan fingerprint density at radius 3 is 2.95 bits per heavy atom. The Kier molecular flexibility index (Phi) is 4.60. The lowest BCUT2D eigenvalue weighted by atomic mass is 10.2. The third-order valence-electron chi connectivity index (χ3n) is 3.10. The highest BCUT2D eigenvalue weighted by Crippen LogP contribution is 2.13. The number of amides is 1. The van der Waals surface area contributed by atoms with E-state index in [2.05, 4.69) is 15.2 Å². The van der Waals surface area contributed by atoms with Gasteiger partial charge in [-0.15, -0.1) is 0 Å². The topological polar surface area (TPSA) is 54.5 Å². The summed E-state index contributed by atoms with van der Waals surface area (Å²) in [4.78, 5) is 18.3. The minimum atomic E-state index is -0.448. The van der Waals surface area contributed by atoms with Gasteiger partial charge in [-0.1, -0.05) is 6.07 Å². The number of ether oxygens (including phenoxy) is 1. The SMILES string of the molecule is CC(C)(C)OC(=O)N[C@H]1CCN(Cc2ccccn2)C1. The molecule has 1 atom stereocenters. The monoisotopic (exact) mass is 277 g/mol. The van der Waals surface area contributed by atoms with Crippen LogP contribution < -0.4 is 5.32 Å². The van der Waals surface area contributed by atoms with Gasteiger partial charge in [0, 0.05) is 31.9 Å². The van der Waals surface area contributed by atoms with Crippen molar-refractivity contribution in [2.75, 3.05) is 13.1 Å². The van der Waals surface area contributed by atoms with Crippen molar-refractivity contribution in [3.05, 3.63) is 30.1 Å². The third kappa shape index (κ3) is 4.81. The van der Waals surface area contributed by atoms with Crippen LogP contribution in [0.25, 0.3) is 0 Å². The zero-order valence-electron chi connectivity index (χ0n) is 12.4. The number of alkyl carbamates (subject to hydrolysis) is 1. The summed E-state index contributed by atoms with van der Waals surface area (Å²) < 4.78 is 5.27. The van der Waals surface area contributed by atoms with E-state index in [9.17, 15) is 4.79 Å². The molecule has 0 aliphatic carbocycles. The van der Waals surface area contributed by atoms with Crippen molar-refractivity contribution in [1.29, 1.82) is 0 Å². The van der Waals surface area contributed by atoms with Crippen LogP contribution in [0, 0.1) is 0 Å². The number of nitrogens with zero attached hydrogens (tertiary/aromatic N) is 2. The summed E-state index contributed by atoms with van der Waals surface area (Å²) >= 11 is 0. The summed E-state index contributed by atoms with van der Waals surface area (Å²) in [6.45, 7) is 8.25.